The summed E-state index contributed by atoms with van der Waals surface area (Å²) >= 11 is 5.94. The van der Waals surface area contributed by atoms with Gasteiger partial charge in [0.15, 0.2) is 0 Å². The summed E-state index contributed by atoms with van der Waals surface area (Å²) in [6.45, 7) is 4.56. The molecule has 0 unspecified atom stereocenters. The van der Waals surface area contributed by atoms with Gasteiger partial charge in [0.1, 0.15) is 11.6 Å². The normalized spacial score (nSPS) is 10.3. The molecule has 0 aliphatic heterocycles. The minimum Gasteiger partial charge on any atom is -0.494 e. The predicted octanol–water partition coefficient (Wildman–Crippen LogP) is 4.27. The lowest BCUT2D eigenvalue weighted by Crippen LogP contribution is -1.98. The molecule has 1 N–H and O–H groups in total. The molecular weight excluding hydrogens is 260 g/mol. The zero-order valence-corrected chi connectivity index (χ0v) is 11.9. The fourth-order valence-electron chi connectivity index (χ4n) is 1.82. The van der Waals surface area contributed by atoms with Crippen molar-refractivity contribution in [3.63, 3.8) is 0 Å². The second-order valence-electron chi connectivity index (χ2n) is 4.18. The molecule has 4 heteroatoms. The molecule has 0 saturated carbocycles. The Hall–Kier alpha value is -1.74. The molecule has 0 aliphatic rings. The van der Waals surface area contributed by atoms with Crippen LogP contribution in [0.2, 0.25) is 0 Å². The predicted molar refractivity (Wildman–Crippen MR) is 79.4 cm³/mol. The third-order valence-electron chi connectivity index (χ3n) is 2.67. The maximum absolute atomic E-state index is 5.94. The van der Waals surface area contributed by atoms with Crippen LogP contribution in [0.25, 0.3) is 0 Å². The van der Waals surface area contributed by atoms with Crippen LogP contribution in [0.3, 0.4) is 0 Å². The molecule has 100 valence electrons. The molecule has 19 heavy (non-hydrogen) atoms. The van der Waals surface area contributed by atoms with Gasteiger partial charge in [-0.25, -0.2) is 4.98 Å². The molecule has 0 spiro atoms. The topological polar surface area (TPSA) is 34.1 Å². The highest BCUT2D eigenvalue weighted by molar-refractivity contribution is 6.17. The summed E-state index contributed by atoms with van der Waals surface area (Å²) in [7, 11) is 0. The number of pyridine rings is 1. The number of hydrogen-bond acceptors (Lipinski definition) is 3. The number of aromatic nitrogens is 1. The standard InChI is InChI=1S/C15H17ClN2O/c1-3-19-14-8-7-13(9-12(14)10-16)18-15-6-4-5-11(2)17-15/h4-9H,3,10H2,1-2H3,(H,17,18). The first-order valence-electron chi connectivity index (χ1n) is 6.25. The highest BCUT2D eigenvalue weighted by Crippen LogP contribution is 2.26. The number of anilines is 2. The Balaban J connectivity index is 2.21. The zero-order chi connectivity index (χ0) is 13.7. The van der Waals surface area contributed by atoms with Crippen LogP contribution in [0.15, 0.2) is 36.4 Å². The van der Waals surface area contributed by atoms with E-state index in [0.717, 1.165) is 28.5 Å². The largest absolute Gasteiger partial charge is 0.494 e. The van der Waals surface area contributed by atoms with Gasteiger partial charge in [-0.2, -0.15) is 0 Å². The molecule has 0 amide bonds. The molecule has 1 heterocycles. The molecule has 1 aromatic heterocycles. The highest BCUT2D eigenvalue weighted by Gasteiger charge is 2.04. The molecule has 0 saturated heterocycles. The number of halogens is 1. The van der Waals surface area contributed by atoms with Crippen molar-refractivity contribution in [2.24, 2.45) is 0 Å². The van der Waals surface area contributed by atoms with E-state index < -0.39 is 0 Å². The molecule has 0 radical (unpaired) electrons. The van der Waals surface area contributed by atoms with Crippen molar-refractivity contribution in [3.05, 3.63) is 47.7 Å². The maximum Gasteiger partial charge on any atom is 0.130 e. The third-order valence-corrected chi connectivity index (χ3v) is 2.95. The van der Waals surface area contributed by atoms with Gasteiger partial charge in [0, 0.05) is 16.9 Å². The van der Waals surface area contributed by atoms with E-state index in [1.165, 1.54) is 0 Å². The molecule has 0 atom stereocenters. The molecule has 1 aromatic carbocycles. The van der Waals surface area contributed by atoms with Gasteiger partial charge in [0.25, 0.3) is 0 Å². The first kappa shape index (κ1) is 13.7. The molecule has 0 aliphatic carbocycles. The quantitative estimate of drug-likeness (QED) is 0.828. The number of rotatable bonds is 5. The number of alkyl halides is 1. The number of nitrogens with one attached hydrogen (secondary N) is 1. The first-order valence-corrected chi connectivity index (χ1v) is 6.78. The summed E-state index contributed by atoms with van der Waals surface area (Å²) in [5.41, 5.74) is 2.91. The lowest BCUT2D eigenvalue weighted by molar-refractivity contribution is 0.337. The van der Waals surface area contributed by atoms with Gasteiger partial charge in [0.2, 0.25) is 0 Å². The van der Waals surface area contributed by atoms with Gasteiger partial charge >= 0.3 is 0 Å². The Morgan fingerprint density at radius 3 is 2.79 bits per heavy atom. The monoisotopic (exact) mass is 276 g/mol. The van der Waals surface area contributed by atoms with Crippen LogP contribution < -0.4 is 10.1 Å². The summed E-state index contributed by atoms with van der Waals surface area (Å²) in [6, 6.07) is 11.8. The Labute approximate surface area is 118 Å². The van der Waals surface area contributed by atoms with E-state index in [9.17, 15) is 0 Å². The molecule has 0 fully saturated rings. The van der Waals surface area contributed by atoms with Crippen molar-refractivity contribution in [1.29, 1.82) is 0 Å². The number of hydrogen-bond donors (Lipinski definition) is 1. The second-order valence-corrected chi connectivity index (χ2v) is 4.45. The Kier molecular flexibility index (Phi) is 4.63. The molecule has 0 bridgehead atoms. The summed E-state index contributed by atoms with van der Waals surface area (Å²) in [4.78, 5) is 4.41. The molecule has 2 rings (SSSR count). The van der Waals surface area contributed by atoms with E-state index in [-0.39, 0.29) is 0 Å². The third kappa shape index (κ3) is 3.61. The number of nitrogens with zero attached hydrogens (tertiary/aromatic N) is 1. The maximum atomic E-state index is 5.94. The Morgan fingerprint density at radius 2 is 2.11 bits per heavy atom. The fraction of sp³-hybridized carbons (Fsp3) is 0.267. The Morgan fingerprint density at radius 1 is 1.26 bits per heavy atom. The minimum atomic E-state index is 0.423. The molecular formula is C15H17ClN2O. The van der Waals surface area contributed by atoms with E-state index in [4.69, 9.17) is 16.3 Å². The van der Waals surface area contributed by atoms with Crippen LogP contribution in [-0.4, -0.2) is 11.6 Å². The van der Waals surface area contributed by atoms with Gasteiger partial charge < -0.3 is 10.1 Å². The van der Waals surface area contributed by atoms with E-state index in [1.54, 1.807) is 0 Å². The van der Waals surface area contributed by atoms with Crippen LogP contribution in [0.1, 0.15) is 18.2 Å². The van der Waals surface area contributed by atoms with Crippen LogP contribution >= 0.6 is 11.6 Å². The summed E-state index contributed by atoms with van der Waals surface area (Å²) in [6.07, 6.45) is 0. The second kappa shape index (κ2) is 6.43. The number of benzene rings is 1. The average molecular weight is 277 g/mol. The van der Waals surface area contributed by atoms with Gasteiger partial charge in [-0.1, -0.05) is 6.07 Å². The van der Waals surface area contributed by atoms with Crippen molar-refractivity contribution in [2.75, 3.05) is 11.9 Å². The van der Waals surface area contributed by atoms with Gasteiger partial charge in [-0.05, 0) is 44.2 Å². The zero-order valence-electron chi connectivity index (χ0n) is 11.1. The first-order chi connectivity index (χ1) is 9.22. The van der Waals surface area contributed by atoms with Crippen LogP contribution in [0.4, 0.5) is 11.5 Å². The lowest BCUT2D eigenvalue weighted by Gasteiger charge is -2.11. The van der Waals surface area contributed by atoms with E-state index in [2.05, 4.69) is 10.3 Å². The smallest absolute Gasteiger partial charge is 0.130 e. The van der Waals surface area contributed by atoms with Crippen LogP contribution in [0, 0.1) is 6.92 Å². The van der Waals surface area contributed by atoms with Crippen molar-refractivity contribution < 1.29 is 4.74 Å². The van der Waals surface area contributed by atoms with Crippen molar-refractivity contribution >= 4 is 23.1 Å². The van der Waals surface area contributed by atoms with E-state index in [0.29, 0.717) is 12.5 Å². The van der Waals surface area contributed by atoms with Crippen LogP contribution in [-0.2, 0) is 5.88 Å². The van der Waals surface area contributed by atoms with Gasteiger partial charge in [-0.15, -0.1) is 11.6 Å². The fourth-order valence-corrected chi connectivity index (χ4v) is 2.03. The molecule has 3 nitrogen and oxygen atoms in total. The van der Waals surface area contributed by atoms with E-state index >= 15 is 0 Å². The van der Waals surface area contributed by atoms with Crippen molar-refractivity contribution in [3.8, 4) is 5.75 Å². The van der Waals surface area contributed by atoms with Crippen LogP contribution in [0.5, 0.6) is 5.75 Å². The summed E-state index contributed by atoms with van der Waals surface area (Å²) in [5, 5.41) is 3.26. The SMILES string of the molecule is CCOc1ccc(Nc2cccc(C)n2)cc1CCl. The number of aryl methyl sites for hydroxylation is 1. The average Bonchev–Trinajstić information content (AvgIpc) is 2.41. The van der Waals surface area contributed by atoms with Gasteiger partial charge in [0.05, 0.1) is 12.5 Å². The Bertz CT molecular complexity index is 558. The van der Waals surface area contributed by atoms with Gasteiger partial charge in [-0.3, -0.25) is 0 Å². The number of ether oxygens (including phenoxy) is 1. The van der Waals surface area contributed by atoms with E-state index in [1.807, 2.05) is 50.2 Å². The summed E-state index contributed by atoms with van der Waals surface area (Å²) < 4.78 is 5.52. The summed E-state index contributed by atoms with van der Waals surface area (Å²) in [5.74, 6) is 2.08. The molecule has 2 aromatic rings. The van der Waals surface area contributed by atoms with Crippen molar-refractivity contribution in [2.45, 2.75) is 19.7 Å². The minimum absolute atomic E-state index is 0.423. The lowest BCUT2D eigenvalue weighted by atomic mass is 10.2. The highest BCUT2D eigenvalue weighted by atomic mass is 35.5. The van der Waals surface area contributed by atoms with Crippen molar-refractivity contribution in [1.82, 2.24) is 4.98 Å².